The molecule has 2 aromatic heterocycles. The number of nitrogens with zero attached hydrogens (tertiary/aromatic N) is 4. The molecule has 2 aromatic carbocycles. The Morgan fingerprint density at radius 1 is 1.16 bits per heavy atom. The highest BCUT2D eigenvalue weighted by Gasteiger charge is 2.14. The molecule has 164 valence electrons. The Kier molecular flexibility index (Phi) is 7.52. The molecule has 2 heterocycles. The summed E-state index contributed by atoms with van der Waals surface area (Å²) in [5.74, 6) is 2.15. The SMILES string of the molecule is C=CCn1c(COc2ccc(Cl)c(C)c2)nnc1SCc1csc(-c2ccccc2Cl)n1. The molecule has 32 heavy (non-hydrogen) atoms. The Bertz CT molecular complexity index is 1240. The van der Waals surface area contributed by atoms with Crippen molar-refractivity contribution in [3.63, 3.8) is 0 Å². The zero-order valence-electron chi connectivity index (χ0n) is 17.3. The standard InChI is InChI=1S/C23H20Cl2N4OS2/c1-3-10-29-21(12-30-17-8-9-19(24)15(2)11-17)27-28-23(29)32-14-16-13-31-22(26-16)18-6-4-5-7-20(18)25/h3-9,11,13H,1,10,12,14H2,2H3. The third kappa shape index (κ3) is 5.35. The van der Waals surface area contributed by atoms with E-state index in [4.69, 9.17) is 32.9 Å². The summed E-state index contributed by atoms with van der Waals surface area (Å²) in [6, 6.07) is 13.3. The van der Waals surface area contributed by atoms with E-state index in [0.717, 1.165) is 38.6 Å². The molecule has 0 fully saturated rings. The zero-order chi connectivity index (χ0) is 22.5. The number of thiazole rings is 1. The Balaban J connectivity index is 1.44. The summed E-state index contributed by atoms with van der Waals surface area (Å²) in [5, 5.41) is 13.8. The second kappa shape index (κ2) is 10.5. The molecular formula is C23H20Cl2N4OS2. The van der Waals surface area contributed by atoms with Gasteiger partial charge in [0.25, 0.3) is 0 Å². The summed E-state index contributed by atoms with van der Waals surface area (Å²) in [4.78, 5) is 4.73. The largest absolute Gasteiger partial charge is 0.486 e. The predicted molar refractivity (Wildman–Crippen MR) is 133 cm³/mol. The fraction of sp³-hybridized carbons (Fsp3) is 0.174. The van der Waals surface area contributed by atoms with E-state index in [9.17, 15) is 0 Å². The number of hydrogen-bond donors (Lipinski definition) is 0. The van der Waals surface area contributed by atoms with Gasteiger partial charge >= 0.3 is 0 Å². The maximum atomic E-state index is 6.30. The summed E-state index contributed by atoms with van der Waals surface area (Å²) in [6.45, 7) is 6.70. The number of hydrogen-bond acceptors (Lipinski definition) is 6. The highest BCUT2D eigenvalue weighted by atomic mass is 35.5. The van der Waals surface area contributed by atoms with Crippen LogP contribution in [0.3, 0.4) is 0 Å². The van der Waals surface area contributed by atoms with Crippen molar-refractivity contribution in [2.75, 3.05) is 0 Å². The monoisotopic (exact) mass is 502 g/mol. The van der Waals surface area contributed by atoms with Crippen molar-refractivity contribution in [2.24, 2.45) is 0 Å². The lowest BCUT2D eigenvalue weighted by molar-refractivity contribution is 0.289. The van der Waals surface area contributed by atoms with Gasteiger partial charge in [-0.3, -0.25) is 4.57 Å². The third-order valence-electron chi connectivity index (χ3n) is 4.61. The van der Waals surface area contributed by atoms with Crippen LogP contribution in [0.15, 0.2) is 65.7 Å². The molecule has 0 radical (unpaired) electrons. The maximum Gasteiger partial charge on any atom is 0.191 e. The first kappa shape index (κ1) is 22.9. The molecule has 0 aliphatic rings. The highest BCUT2D eigenvalue weighted by Crippen LogP contribution is 2.32. The summed E-state index contributed by atoms with van der Waals surface area (Å²) < 4.78 is 7.91. The van der Waals surface area contributed by atoms with Crippen LogP contribution < -0.4 is 4.74 Å². The topological polar surface area (TPSA) is 52.8 Å². The minimum atomic E-state index is 0.301. The lowest BCUT2D eigenvalue weighted by Crippen LogP contribution is -2.07. The van der Waals surface area contributed by atoms with Gasteiger partial charge in [0, 0.05) is 28.3 Å². The maximum absolute atomic E-state index is 6.30. The number of ether oxygens (including phenoxy) is 1. The fourth-order valence-electron chi connectivity index (χ4n) is 2.97. The molecular weight excluding hydrogens is 483 g/mol. The van der Waals surface area contributed by atoms with E-state index >= 15 is 0 Å². The summed E-state index contributed by atoms with van der Waals surface area (Å²) in [6.07, 6.45) is 1.82. The zero-order valence-corrected chi connectivity index (χ0v) is 20.4. The minimum absolute atomic E-state index is 0.301. The second-order valence-corrected chi connectivity index (χ2v) is 9.53. The molecule has 5 nitrogen and oxygen atoms in total. The number of rotatable bonds is 9. The van der Waals surface area contributed by atoms with Crippen molar-refractivity contribution in [3.05, 3.63) is 87.6 Å². The van der Waals surface area contributed by atoms with Gasteiger partial charge in [-0.25, -0.2) is 4.98 Å². The Labute approximate surface area is 205 Å². The summed E-state index contributed by atoms with van der Waals surface area (Å²) in [7, 11) is 0. The van der Waals surface area contributed by atoms with E-state index in [1.165, 1.54) is 0 Å². The summed E-state index contributed by atoms with van der Waals surface area (Å²) >= 11 is 15.6. The van der Waals surface area contributed by atoms with Crippen LogP contribution in [0.4, 0.5) is 0 Å². The van der Waals surface area contributed by atoms with E-state index in [2.05, 4.69) is 16.8 Å². The van der Waals surface area contributed by atoms with Crippen LogP contribution in [0.2, 0.25) is 10.0 Å². The molecule has 4 rings (SSSR count). The summed E-state index contributed by atoms with van der Waals surface area (Å²) in [5.41, 5.74) is 2.88. The van der Waals surface area contributed by atoms with Crippen LogP contribution in [0.1, 0.15) is 17.1 Å². The van der Waals surface area contributed by atoms with Gasteiger partial charge in [0.15, 0.2) is 11.0 Å². The number of benzene rings is 2. The quantitative estimate of drug-likeness (QED) is 0.181. The van der Waals surface area contributed by atoms with Crippen molar-refractivity contribution in [2.45, 2.75) is 31.0 Å². The van der Waals surface area contributed by atoms with Crippen LogP contribution >= 0.6 is 46.3 Å². The molecule has 0 spiro atoms. The molecule has 0 N–H and O–H groups in total. The second-order valence-electron chi connectivity index (χ2n) is 6.91. The van der Waals surface area contributed by atoms with Gasteiger partial charge in [0.1, 0.15) is 17.4 Å². The van der Waals surface area contributed by atoms with Crippen molar-refractivity contribution in [3.8, 4) is 16.3 Å². The Morgan fingerprint density at radius 3 is 2.78 bits per heavy atom. The Morgan fingerprint density at radius 2 is 2.00 bits per heavy atom. The van der Waals surface area contributed by atoms with Gasteiger partial charge in [-0.05, 0) is 36.8 Å². The molecule has 0 saturated heterocycles. The van der Waals surface area contributed by atoms with Crippen molar-refractivity contribution >= 4 is 46.3 Å². The van der Waals surface area contributed by atoms with Crippen LogP contribution in [0.5, 0.6) is 5.75 Å². The smallest absolute Gasteiger partial charge is 0.191 e. The van der Waals surface area contributed by atoms with Gasteiger partial charge in [0.2, 0.25) is 0 Å². The number of thioether (sulfide) groups is 1. The Hall–Kier alpha value is -2.32. The van der Waals surface area contributed by atoms with Crippen LogP contribution in [-0.4, -0.2) is 19.7 Å². The van der Waals surface area contributed by atoms with Crippen LogP contribution in [0.25, 0.3) is 10.6 Å². The van der Waals surface area contributed by atoms with Gasteiger partial charge in [-0.15, -0.1) is 28.1 Å². The first-order chi connectivity index (χ1) is 15.5. The molecule has 0 aliphatic carbocycles. The highest BCUT2D eigenvalue weighted by molar-refractivity contribution is 7.98. The molecule has 0 saturated carbocycles. The number of aromatic nitrogens is 4. The molecule has 4 aromatic rings. The lowest BCUT2D eigenvalue weighted by atomic mass is 10.2. The van der Waals surface area contributed by atoms with Crippen molar-refractivity contribution < 1.29 is 4.74 Å². The lowest BCUT2D eigenvalue weighted by Gasteiger charge is -2.09. The van der Waals surface area contributed by atoms with E-state index in [0.29, 0.717) is 28.9 Å². The van der Waals surface area contributed by atoms with E-state index < -0.39 is 0 Å². The molecule has 0 unspecified atom stereocenters. The van der Waals surface area contributed by atoms with Crippen LogP contribution in [0, 0.1) is 6.92 Å². The van der Waals surface area contributed by atoms with E-state index in [1.807, 2.05) is 65.4 Å². The normalized spacial score (nSPS) is 11.0. The first-order valence-electron chi connectivity index (χ1n) is 9.79. The van der Waals surface area contributed by atoms with Gasteiger partial charge in [0.05, 0.1) is 10.7 Å². The number of aryl methyl sites for hydroxylation is 1. The van der Waals surface area contributed by atoms with Gasteiger partial charge in [-0.1, -0.05) is 59.2 Å². The minimum Gasteiger partial charge on any atom is -0.486 e. The molecule has 0 atom stereocenters. The van der Waals surface area contributed by atoms with Crippen molar-refractivity contribution in [1.82, 2.24) is 19.7 Å². The fourth-order valence-corrected chi connectivity index (χ4v) is 5.19. The first-order valence-corrected chi connectivity index (χ1v) is 12.4. The molecule has 0 bridgehead atoms. The average Bonchev–Trinajstić information content (AvgIpc) is 3.41. The molecule has 0 amide bonds. The van der Waals surface area contributed by atoms with Crippen LogP contribution in [-0.2, 0) is 18.9 Å². The van der Waals surface area contributed by atoms with E-state index in [1.54, 1.807) is 23.1 Å². The van der Waals surface area contributed by atoms with Gasteiger partial charge < -0.3 is 4.74 Å². The number of halogens is 2. The molecule has 0 aliphatic heterocycles. The predicted octanol–water partition coefficient (Wildman–Crippen LogP) is 7.07. The average molecular weight is 503 g/mol. The third-order valence-corrected chi connectivity index (χ3v) is 7.29. The van der Waals surface area contributed by atoms with Gasteiger partial charge in [-0.2, -0.15) is 0 Å². The van der Waals surface area contributed by atoms with E-state index in [-0.39, 0.29) is 0 Å². The van der Waals surface area contributed by atoms with Crippen molar-refractivity contribution in [1.29, 1.82) is 0 Å². The number of allylic oxidation sites excluding steroid dienone is 1. The molecule has 9 heteroatoms.